The lowest BCUT2D eigenvalue weighted by molar-refractivity contribution is 0.271. The fourth-order valence-electron chi connectivity index (χ4n) is 3.22. The summed E-state index contributed by atoms with van der Waals surface area (Å²) in [5.74, 6) is 1.75. The van der Waals surface area contributed by atoms with Crippen molar-refractivity contribution < 1.29 is 4.74 Å². The van der Waals surface area contributed by atoms with E-state index in [-0.39, 0.29) is 5.92 Å². The van der Waals surface area contributed by atoms with Crippen LogP contribution in [0.5, 0.6) is 5.75 Å². The number of H-pyrrole nitrogens is 1. The molecule has 0 amide bonds. The van der Waals surface area contributed by atoms with Gasteiger partial charge in [-0.25, -0.2) is 0 Å². The van der Waals surface area contributed by atoms with Gasteiger partial charge in [-0.05, 0) is 61.2 Å². The van der Waals surface area contributed by atoms with Crippen molar-refractivity contribution in [1.82, 2.24) is 4.98 Å². The third-order valence-electron chi connectivity index (χ3n) is 4.56. The quantitative estimate of drug-likeness (QED) is 0.651. The maximum atomic E-state index is 6.13. The average molecular weight is 336 g/mol. The molecular weight excluding hydrogens is 308 g/mol. The normalized spacial score (nSPS) is 12.7. The first-order valence-electron chi connectivity index (χ1n) is 9.06. The topological polar surface area (TPSA) is 51.0 Å². The van der Waals surface area contributed by atoms with Gasteiger partial charge in [0.15, 0.2) is 0 Å². The summed E-state index contributed by atoms with van der Waals surface area (Å²) in [6, 6.07) is 14.9. The van der Waals surface area contributed by atoms with Crippen LogP contribution in [0.4, 0.5) is 0 Å². The van der Waals surface area contributed by atoms with Crippen molar-refractivity contribution in [3.8, 4) is 5.75 Å². The standard InChI is InChI=1S/C22H28N2O/c1-15(2)14-25-19-6-4-5-17(11-19)10-18(12-23)21-13-24-22-8-7-16(3)9-20(21)22/h4-9,11,13,15,18,24H,10,12,14,23H2,1-3H3. The Hall–Kier alpha value is -2.26. The highest BCUT2D eigenvalue weighted by molar-refractivity contribution is 5.84. The first-order chi connectivity index (χ1) is 12.1. The minimum atomic E-state index is 0.288. The van der Waals surface area contributed by atoms with Crippen LogP contribution in [0.15, 0.2) is 48.7 Å². The molecule has 1 aromatic heterocycles. The van der Waals surface area contributed by atoms with E-state index >= 15 is 0 Å². The van der Waals surface area contributed by atoms with Gasteiger partial charge in [0.05, 0.1) is 6.61 Å². The van der Waals surface area contributed by atoms with Crippen LogP contribution in [0.25, 0.3) is 10.9 Å². The smallest absolute Gasteiger partial charge is 0.119 e. The van der Waals surface area contributed by atoms with Gasteiger partial charge in [-0.2, -0.15) is 0 Å². The molecule has 0 spiro atoms. The highest BCUT2D eigenvalue weighted by Gasteiger charge is 2.16. The van der Waals surface area contributed by atoms with Crippen LogP contribution < -0.4 is 10.5 Å². The van der Waals surface area contributed by atoms with E-state index in [9.17, 15) is 0 Å². The summed E-state index contributed by atoms with van der Waals surface area (Å²) >= 11 is 0. The molecule has 0 saturated heterocycles. The molecule has 0 saturated carbocycles. The third kappa shape index (κ3) is 4.23. The molecule has 0 aliphatic heterocycles. The molecule has 0 radical (unpaired) electrons. The Labute approximate surface area is 150 Å². The molecule has 3 nitrogen and oxygen atoms in total. The van der Waals surface area contributed by atoms with Crippen LogP contribution in [0.2, 0.25) is 0 Å². The van der Waals surface area contributed by atoms with Crippen LogP contribution >= 0.6 is 0 Å². The van der Waals surface area contributed by atoms with Crippen LogP contribution in [-0.2, 0) is 6.42 Å². The summed E-state index contributed by atoms with van der Waals surface area (Å²) in [5.41, 5.74) is 11.1. The molecule has 0 fully saturated rings. The van der Waals surface area contributed by atoms with E-state index in [1.807, 2.05) is 6.07 Å². The third-order valence-corrected chi connectivity index (χ3v) is 4.56. The Balaban J connectivity index is 1.82. The van der Waals surface area contributed by atoms with Gasteiger partial charge in [0.25, 0.3) is 0 Å². The summed E-state index contributed by atoms with van der Waals surface area (Å²) in [4.78, 5) is 3.38. The van der Waals surface area contributed by atoms with Crippen molar-refractivity contribution in [3.63, 3.8) is 0 Å². The number of hydrogen-bond acceptors (Lipinski definition) is 2. The number of aromatic nitrogens is 1. The minimum absolute atomic E-state index is 0.288. The van der Waals surface area contributed by atoms with Crippen molar-refractivity contribution in [2.45, 2.75) is 33.1 Å². The second-order valence-electron chi connectivity index (χ2n) is 7.28. The average Bonchev–Trinajstić information content (AvgIpc) is 3.01. The maximum Gasteiger partial charge on any atom is 0.119 e. The number of hydrogen-bond donors (Lipinski definition) is 2. The molecule has 3 rings (SSSR count). The molecule has 3 N–H and O–H groups in total. The lowest BCUT2D eigenvalue weighted by atomic mass is 9.91. The van der Waals surface area contributed by atoms with E-state index in [4.69, 9.17) is 10.5 Å². The predicted molar refractivity (Wildman–Crippen MR) is 105 cm³/mol. The number of rotatable bonds is 7. The Kier molecular flexibility index (Phi) is 5.44. The zero-order valence-corrected chi connectivity index (χ0v) is 15.4. The van der Waals surface area contributed by atoms with Gasteiger partial charge in [-0.3, -0.25) is 0 Å². The molecule has 0 aliphatic carbocycles. The molecule has 25 heavy (non-hydrogen) atoms. The molecule has 0 aliphatic rings. The second kappa shape index (κ2) is 7.75. The van der Waals surface area contributed by atoms with Gasteiger partial charge < -0.3 is 15.5 Å². The fourth-order valence-corrected chi connectivity index (χ4v) is 3.22. The van der Waals surface area contributed by atoms with Gasteiger partial charge in [-0.1, -0.05) is 37.6 Å². The predicted octanol–water partition coefficient (Wildman–Crippen LogP) is 4.80. The number of fused-ring (bicyclic) bond motifs is 1. The molecular formula is C22H28N2O. The molecule has 2 aromatic carbocycles. The van der Waals surface area contributed by atoms with Crippen molar-refractivity contribution in [3.05, 3.63) is 65.4 Å². The van der Waals surface area contributed by atoms with E-state index in [2.05, 4.69) is 68.4 Å². The zero-order valence-electron chi connectivity index (χ0n) is 15.4. The van der Waals surface area contributed by atoms with Crippen LogP contribution in [0.1, 0.15) is 36.5 Å². The first kappa shape index (κ1) is 17.6. The molecule has 3 aromatic rings. The Morgan fingerprint density at radius 1 is 1.12 bits per heavy atom. The van der Waals surface area contributed by atoms with Gasteiger partial charge in [0.2, 0.25) is 0 Å². The second-order valence-corrected chi connectivity index (χ2v) is 7.28. The lowest BCUT2D eigenvalue weighted by Crippen LogP contribution is -2.15. The molecule has 0 bridgehead atoms. The van der Waals surface area contributed by atoms with Gasteiger partial charge in [0, 0.05) is 23.0 Å². The van der Waals surface area contributed by atoms with Crippen LogP contribution in [0.3, 0.4) is 0 Å². The van der Waals surface area contributed by atoms with E-state index in [1.54, 1.807) is 0 Å². The van der Waals surface area contributed by atoms with Crippen molar-refractivity contribution in [1.29, 1.82) is 0 Å². The summed E-state index contributed by atoms with van der Waals surface area (Å²) in [5, 5.41) is 1.28. The van der Waals surface area contributed by atoms with Gasteiger partial charge >= 0.3 is 0 Å². The molecule has 1 atom stereocenters. The van der Waals surface area contributed by atoms with Crippen LogP contribution in [0, 0.1) is 12.8 Å². The molecule has 1 unspecified atom stereocenters. The summed E-state index contributed by atoms with van der Waals surface area (Å²) in [7, 11) is 0. The number of benzene rings is 2. The summed E-state index contributed by atoms with van der Waals surface area (Å²) in [6.45, 7) is 7.81. The van der Waals surface area contributed by atoms with E-state index in [0.717, 1.165) is 18.8 Å². The highest BCUT2D eigenvalue weighted by Crippen LogP contribution is 2.29. The van der Waals surface area contributed by atoms with Crippen molar-refractivity contribution >= 4 is 10.9 Å². The van der Waals surface area contributed by atoms with Crippen LogP contribution in [-0.4, -0.2) is 18.1 Å². The number of nitrogens with two attached hydrogens (primary N) is 1. The number of aromatic amines is 1. The number of ether oxygens (including phenoxy) is 1. The van der Waals surface area contributed by atoms with Gasteiger partial charge in [0.1, 0.15) is 5.75 Å². The van der Waals surface area contributed by atoms with Crippen molar-refractivity contribution in [2.75, 3.05) is 13.2 Å². The summed E-state index contributed by atoms with van der Waals surface area (Å²) < 4.78 is 5.86. The first-order valence-corrected chi connectivity index (χ1v) is 9.06. The number of aryl methyl sites for hydroxylation is 1. The minimum Gasteiger partial charge on any atom is -0.493 e. The van der Waals surface area contributed by atoms with E-state index in [0.29, 0.717) is 12.5 Å². The fraction of sp³-hybridized carbons (Fsp3) is 0.364. The lowest BCUT2D eigenvalue weighted by Gasteiger charge is -2.16. The molecule has 1 heterocycles. The van der Waals surface area contributed by atoms with Gasteiger partial charge in [-0.15, -0.1) is 0 Å². The zero-order chi connectivity index (χ0) is 17.8. The summed E-state index contributed by atoms with van der Waals surface area (Å²) in [6.07, 6.45) is 3.02. The Morgan fingerprint density at radius 3 is 2.72 bits per heavy atom. The van der Waals surface area contributed by atoms with E-state index in [1.165, 1.54) is 27.6 Å². The largest absolute Gasteiger partial charge is 0.493 e. The SMILES string of the molecule is Cc1ccc2[nH]cc(C(CN)Cc3cccc(OCC(C)C)c3)c2c1. The highest BCUT2D eigenvalue weighted by atomic mass is 16.5. The molecule has 132 valence electrons. The monoisotopic (exact) mass is 336 g/mol. The Morgan fingerprint density at radius 2 is 1.96 bits per heavy atom. The molecule has 3 heteroatoms. The van der Waals surface area contributed by atoms with Crippen molar-refractivity contribution in [2.24, 2.45) is 11.7 Å². The Bertz CT molecular complexity index is 835. The number of nitrogens with one attached hydrogen (secondary N) is 1. The van der Waals surface area contributed by atoms with E-state index < -0.39 is 0 Å². The maximum absolute atomic E-state index is 6.13.